The first kappa shape index (κ1) is 18.4. The standard InChI is InChI=1S/C21H28N4O/c1-16(2)11-12-22-19-15-18(21(26)25-13-7-4-8-14-25)23-20(24-19)17-9-5-3-6-10-17/h3,5-6,9-10,15-16H,4,7-8,11-14H2,1-2H3,(H,22,23,24). The minimum Gasteiger partial charge on any atom is -0.370 e. The van der Waals surface area contributed by atoms with Crippen molar-refractivity contribution in [3.05, 3.63) is 42.1 Å². The van der Waals surface area contributed by atoms with Crippen molar-refractivity contribution < 1.29 is 4.79 Å². The van der Waals surface area contributed by atoms with Crippen molar-refractivity contribution in [2.75, 3.05) is 25.0 Å². The van der Waals surface area contributed by atoms with Gasteiger partial charge in [-0.1, -0.05) is 44.2 Å². The summed E-state index contributed by atoms with van der Waals surface area (Å²) in [6, 6.07) is 11.6. The lowest BCUT2D eigenvalue weighted by molar-refractivity contribution is 0.0718. The molecule has 1 aromatic heterocycles. The van der Waals surface area contributed by atoms with Gasteiger partial charge in [0.25, 0.3) is 5.91 Å². The highest BCUT2D eigenvalue weighted by atomic mass is 16.2. The van der Waals surface area contributed by atoms with Crippen molar-refractivity contribution in [2.24, 2.45) is 5.92 Å². The molecule has 0 unspecified atom stereocenters. The maximum atomic E-state index is 12.9. The van der Waals surface area contributed by atoms with E-state index >= 15 is 0 Å². The van der Waals surface area contributed by atoms with Gasteiger partial charge in [0, 0.05) is 31.3 Å². The summed E-state index contributed by atoms with van der Waals surface area (Å²) in [7, 11) is 0. The van der Waals surface area contributed by atoms with Crippen LogP contribution in [0.25, 0.3) is 11.4 Å². The molecule has 1 aliphatic heterocycles. The fraction of sp³-hybridized carbons (Fsp3) is 0.476. The van der Waals surface area contributed by atoms with Crippen molar-refractivity contribution in [2.45, 2.75) is 39.5 Å². The molecule has 3 rings (SSSR count). The van der Waals surface area contributed by atoms with Crippen LogP contribution in [-0.2, 0) is 0 Å². The molecule has 5 heteroatoms. The second kappa shape index (κ2) is 8.79. The van der Waals surface area contributed by atoms with Crippen LogP contribution in [0.15, 0.2) is 36.4 Å². The zero-order chi connectivity index (χ0) is 18.4. The van der Waals surface area contributed by atoms with Crippen LogP contribution in [0.5, 0.6) is 0 Å². The average molecular weight is 352 g/mol. The van der Waals surface area contributed by atoms with Gasteiger partial charge in [-0.15, -0.1) is 0 Å². The van der Waals surface area contributed by atoms with E-state index in [0.29, 0.717) is 17.4 Å². The molecule has 26 heavy (non-hydrogen) atoms. The number of nitrogens with one attached hydrogen (secondary N) is 1. The summed E-state index contributed by atoms with van der Waals surface area (Å²) in [5.74, 6) is 1.95. The number of benzene rings is 1. The minimum atomic E-state index is 0.0104. The third-order valence-corrected chi connectivity index (χ3v) is 4.65. The van der Waals surface area contributed by atoms with E-state index in [-0.39, 0.29) is 5.91 Å². The number of rotatable bonds is 6. The first-order chi connectivity index (χ1) is 12.6. The predicted octanol–water partition coefficient (Wildman–Crippen LogP) is 4.23. The number of carbonyl (C=O) groups excluding carboxylic acids is 1. The van der Waals surface area contributed by atoms with Gasteiger partial charge in [0.2, 0.25) is 0 Å². The molecule has 1 N–H and O–H groups in total. The van der Waals surface area contributed by atoms with Crippen molar-refractivity contribution >= 4 is 11.7 Å². The monoisotopic (exact) mass is 352 g/mol. The lowest BCUT2D eigenvalue weighted by Crippen LogP contribution is -2.36. The van der Waals surface area contributed by atoms with Gasteiger partial charge < -0.3 is 10.2 Å². The van der Waals surface area contributed by atoms with Crippen LogP contribution >= 0.6 is 0 Å². The van der Waals surface area contributed by atoms with Crippen molar-refractivity contribution in [1.82, 2.24) is 14.9 Å². The minimum absolute atomic E-state index is 0.0104. The van der Waals surface area contributed by atoms with Crippen LogP contribution in [-0.4, -0.2) is 40.4 Å². The highest BCUT2D eigenvalue weighted by Gasteiger charge is 2.21. The zero-order valence-electron chi connectivity index (χ0n) is 15.7. The van der Waals surface area contributed by atoms with E-state index in [1.165, 1.54) is 6.42 Å². The average Bonchev–Trinajstić information content (AvgIpc) is 2.68. The number of anilines is 1. The summed E-state index contributed by atoms with van der Waals surface area (Å²) in [6.45, 7) is 6.87. The van der Waals surface area contributed by atoms with Crippen molar-refractivity contribution in [1.29, 1.82) is 0 Å². The molecule has 0 atom stereocenters. The Kier molecular flexibility index (Phi) is 6.21. The number of amides is 1. The molecule has 2 aromatic rings. The Balaban J connectivity index is 1.87. The molecule has 0 spiro atoms. The fourth-order valence-electron chi connectivity index (χ4n) is 3.11. The number of hydrogen-bond acceptors (Lipinski definition) is 4. The quantitative estimate of drug-likeness (QED) is 0.845. The van der Waals surface area contributed by atoms with Crippen LogP contribution in [0.4, 0.5) is 5.82 Å². The summed E-state index contributed by atoms with van der Waals surface area (Å²) in [5.41, 5.74) is 1.40. The van der Waals surface area contributed by atoms with Gasteiger partial charge in [0.05, 0.1) is 0 Å². The number of likely N-dealkylation sites (tertiary alicyclic amines) is 1. The van der Waals surface area contributed by atoms with Crippen LogP contribution in [0.1, 0.15) is 50.0 Å². The molecule has 0 saturated carbocycles. The molecule has 1 aliphatic rings. The van der Waals surface area contributed by atoms with E-state index in [2.05, 4.69) is 29.1 Å². The lowest BCUT2D eigenvalue weighted by atomic mass is 10.1. The summed E-state index contributed by atoms with van der Waals surface area (Å²) in [6.07, 6.45) is 4.40. The van der Waals surface area contributed by atoms with E-state index in [9.17, 15) is 4.79 Å². The van der Waals surface area contributed by atoms with E-state index in [0.717, 1.165) is 50.3 Å². The number of piperidine rings is 1. The summed E-state index contributed by atoms with van der Waals surface area (Å²) in [5, 5.41) is 3.36. The fourth-order valence-corrected chi connectivity index (χ4v) is 3.11. The van der Waals surface area contributed by atoms with Gasteiger partial charge >= 0.3 is 0 Å². The molecule has 1 amide bonds. The maximum absolute atomic E-state index is 12.9. The van der Waals surface area contributed by atoms with Crippen LogP contribution in [0.3, 0.4) is 0 Å². The van der Waals surface area contributed by atoms with Gasteiger partial charge in [-0.2, -0.15) is 0 Å². The van der Waals surface area contributed by atoms with Crippen molar-refractivity contribution in [3.8, 4) is 11.4 Å². The second-order valence-electron chi connectivity index (χ2n) is 7.29. The molecular weight excluding hydrogens is 324 g/mol. The highest BCUT2D eigenvalue weighted by molar-refractivity contribution is 5.93. The smallest absolute Gasteiger partial charge is 0.272 e. The van der Waals surface area contributed by atoms with E-state index < -0.39 is 0 Å². The van der Waals surface area contributed by atoms with Crippen LogP contribution < -0.4 is 5.32 Å². The highest BCUT2D eigenvalue weighted by Crippen LogP contribution is 2.20. The number of carbonyl (C=O) groups is 1. The zero-order valence-corrected chi connectivity index (χ0v) is 15.7. The molecule has 1 aromatic carbocycles. The Morgan fingerprint density at radius 2 is 1.85 bits per heavy atom. The molecule has 2 heterocycles. The molecule has 0 aliphatic carbocycles. The number of nitrogens with zero attached hydrogens (tertiary/aromatic N) is 3. The second-order valence-corrected chi connectivity index (χ2v) is 7.29. The summed E-state index contributed by atoms with van der Waals surface area (Å²) in [4.78, 5) is 24.1. The summed E-state index contributed by atoms with van der Waals surface area (Å²) < 4.78 is 0. The Morgan fingerprint density at radius 1 is 1.12 bits per heavy atom. The number of hydrogen-bond donors (Lipinski definition) is 1. The first-order valence-corrected chi connectivity index (χ1v) is 9.61. The van der Waals surface area contributed by atoms with E-state index in [1.54, 1.807) is 6.07 Å². The molecule has 0 bridgehead atoms. The topological polar surface area (TPSA) is 58.1 Å². The van der Waals surface area contributed by atoms with Gasteiger partial charge in [-0.25, -0.2) is 9.97 Å². The number of aromatic nitrogens is 2. The van der Waals surface area contributed by atoms with Crippen molar-refractivity contribution in [3.63, 3.8) is 0 Å². The molecule has 1 fully saturated rings. The Morgan fingerprint density at radius 3 is 2.54 bits per heavy atom. The molecular formula is C21H28N4O. The maximum Gasteiger partial charge on any atom is 0.272 e. The van der Waals surface area contributed by atoms with Gasteiger partial charge in [0.15, 0.2) is 5.82 Å². The van der Waals surface area contributed by atoms with E-state index in [4.69, 9.17) is 0 Å². The van der Waals surface area contributed by atoms with Crippen LogP contribution in [0.2, 0.25) is 0 Å². The van der Waals surface area contributed by atoms with E-state index in [1.807, 2.05) is 35.2 Å². The Labute approximate surface area is 155 Å². The summed E-state index contributed by atoms with van der Waals surface area (Å²) >= 11 is 0. The normalized spacial score (nSPS) is 14.5. The van der Waals surface area contributed by atoms with Gasteiger partial charge in [0.1, 0.15) is 11.5 Å². The third-order valence-electron chi connectivity index (χ3n) is 4.65. The predicted molar refractivity (Wildman–Crippen MR) is 105 cm³/mol. The van der Waals surface area contributed by atoms with Gasteiger partial charge in [-0.3, -0.25) is 4.79 Å². The SMILES string of the molecule is CC(C)CCNc1cc(C(=O)N2CCCCC2)nc(-c2ccccc2)n1. The Bertz CT molecular complexity index is 724. The molecule has 5 nitrogen and oxygen atoms in total. The molecule has 1 saturated heterocycles. The van der Waals surface area contributed by atoms with Crippen LogP contribution in [0, 0.1) is 5.92 Å². The molecule has 0 radical (unpaired) electrons. The third kappa shape index (κ3) is 4.81. The molecule has 138 valence electrons. The lowest BCUT2D eigenvalue weighted by Gasteiger charge is -2.26. The van der Waals surface area contributed by atoms with Gasteiger partial charge in [-0.05, 0) is 31.6 Å². The first-order valence-electron chi connectivity index (χ1n) is 9.61. The Hall–Kier alpha value is -2.43. The largest absolute Gasteiger partial charge is 0.370 e.